The summed E-state index contributed by atoms with van der Waals surface area (Å²) >= 11 is 3.81. The average molecular weight is 388 g/mol. The van der Waals surface area contributed by atoms with E-state index in [4.69, 9.17) is 0 Å². The van der Waals surface area contributed by atoms with E-state index in [1.54, 1.807) is 11.3 Å². The minimum Gasteiger partial charge on any atom is -0.306 e. The molecule has 1 N–H and O–H groups in total. The molecule has 2 aromatic rings. The van der Waals surface area contributed by atoms with Crippen LogP contribution in [0.3, 0.4) is 0 Å². The highest BCUT2D eigenvalue weighted by Crippen LogP contribution is 2.28. The van der Waals surface area contributed by atoms with Crippen LogP contribution in [0.4, 0.5) is 0 Å². The third-order valence-corrected chi connectivity index (χ3v) is 4.91. The number of nitrogens with one attached hydrogen (secondary N) is 1. The number of hydrogen-bond acceptors (Lipinski definition) is 3. The van der Waals surface area contributed by atoms with Crippen LogP contribution in [-0.2, 0) is 6.42 Å². The molecule has 0 bridgehead atoms. The Labute approximate surface area is 130 Å². The Morgan fingerprint density at radius 1 is 1.42 bits per heavy atom. The number of thiophene rings is 1. The number of aromatic nitrogens is 2. The van der Waals surface area contributed by atoms with Crippen molar-refractivity contribution in [3.63, 3.8) is 0 Å². The Morgan fingerprint density at radius 2 is 2.11 bits per heavy atom. The van der Waals surface area contributed by atoms with Crippen LogP contribution in [0.1, 0.15) is 29.3 Å². The lowest BCUT2D eigenvalue weighted by molar-refractivity contribution is 0.631. The smallest absolute Gasteiger partial charge is 0.264 e. The lowest BCUT2D eigenvalue weighted by Gasteiger charge is -2.08. The molecular weight excluding hydrogens is 371 g/mol. The molecule has 0 aliphatic rings. The maximum atomic E-state index is 12.0. The molecule has 0 aromatic carbocycles. The lowest BCUT2D eigenvalue weighted by Crippen LogP contribution is -2.17. The van der Waals surface area contributed by atoms with Gasteiger partial charge in [-0.25, -0.2) is 4.98 Å². The number of rotatable bonds is 3. The molecule has 3 nitrogen and oxygen atoms in total. The van der Waals surface area contributed by atoms with E-state index in [-0.39, 0.29) is 5.56 Å². The van der Waals surface area contributed by atoms with Crippen LogP contribution in [0.5, 0.6) is 0 Å². The van der Waals surface area contributed by atoms with Crippen molar-refractivity contribution in [3.05, 3.63) is 35.4 Å². The monoisotopic (exact) mass is 388 g/mol. The predicted molar refractivity (Wildman–Crippen MR) is 88.9 cm³/mol. The van der Waals surface area contributed by atoms with Gasteiger partial charge in [-0.2, -0.15) is 0 Å². The van der Waals surface area contributed by atoms with Crippen molar-refractivity contribution in [2.45, 2.75) is 34.1 Å². The molecule has 0 fully saturated rings. The Bertz CT molecular complexity index is 658. The summed E-state index contributed by atoms with van der Waals surface area (Å²) < 4.78 is 0.708. The van der Waals surface area contributed by atoms with Crippen LogP contribution in [0.25, 0.3) is 11.4 Å². The van der Waals surface area contributed by atoms with Gasteiger partial charge in [-0.3, -0.25) is 4.79 Å². The van der Waals surface area contributed by atoms with Gasteiger partial charge in [0.1, 0.15) is 5.82 Å². The number of aromatic amines is 1. The summed E-state index contributed by atoms with van der Waals surface area (Å²) in [5.41, 5.74) is 1.91. The summed E-state index contributed by atoms with van der Waals surface area (Å²) in [6, 6.07) is 2.09. The molecule has 0 aliphatic carbocycles. The fourth-order valence-electron chi connectivity index (χ4n) is 2.02. The standard InChI is InChI=1S/C14H17IN2OS/c1-7(2)5-11-12(15)14(18)17-13(16-11)10-6-8(3)19-9(10)4/h6-7H,5H2,1-4H3,(H,16,17,18). The molecule has 19 heavy (non-hydrogen) atoms. The van der Waals surface area contributed by atoms with E-state index in [0.717, 1.165) is 17.7 Å². The first-order valence-corrected chi connectivity index (χ1v) is 8.14. The van der Waals surface area contributed by atoms with Gasteiger partial charge >= 0.3 is 0 Å². The molecule has 5 heteroatoms. The van der Waals surface area contributed by atoms with Crippen molar-refractivity contribution in [3.8, 4) is 11.4 Å². The van der Waals surface area contributed by atoms with E-state index in [1.807, 2.05) is 0 Å². The van der Waals surface area contributed by atoms with Crippen molar-refractivity contribution in [2.75, 3.05) is 0 Å². The van der Waals surface area contributed by atoms with Crippen molar-refractivity contribution >= 4 is 33.9 Å². The largest absolute Gasteiger partial charge is 0.306 e. The Hall–Kier alpha value is -0.690. The molecule has 2 heterocycles. The van der Waals surface area contributed by atoms with Crippen molar-refractivity contribution < 1.29 is 0 Å². The normalized spacial score (nSPS) is 11.3. The van der Waals surface area contributed by atoms with Gasteiger partial charge in [-0.1, -0.05) is 13.8 Å². The maximum absolute atomic E-state index is 12.0. The summed E-state index contributed by atoms with van der Waals surface area (Å²) in [5.74, 6) is 1.18. The summed E-state index contributed by atoms with van der Waals surface area (Å²) in [7, 11) is 0. The zero-order valence-electron chi connectivity index (χ0n) is 11.5. The van der Waals surface area contributed by atoms with Gasteiger partial charge in [0, 0.05) is 15.3 Å². The van der Waals surface area contributed by atoms with Crippen LogP contribution in [0, 0.1) is 23.3 Å². The number of H-pyrrole nitrogens is 1. The van der Waals surface area contributed by atoms with E-state index in [2.05, 4.69) is 66.3 Å². The lowest BCUT2D eigenvalue weighted by atomic mass is 10.1. The van der Waals surface area contributed by atoms with Crippen molar-refractivity contribution in [1.82, 2.24) is 9.97 Å². The summed E-state index contributed by atoms with van der Waals surface area (Å²) in [5, 5.41) is 0. The molecule has 0 amide bonds. The molecule has 0 unspecified atom stereocenters. The predicted octanol–water partition coefficient (Wildman–Crippen LogP) is 3.92. The zero-order valence-corrected chi connectivity index (χ0v) is 14.5. The highest BCUT2D eigenvalue weighted by Gasteiger charge is 2.14. The maximum Gasteiger partial charge on any atom is 0.264 e. The summed E-state index contributed by atoms with van der Waals surface area (Å²) in [6.07, 6.45) is 0.831. The molecule has 0 saturated carbocycles. The molecular formula is C14H17IN2OS. The van der Waals surface area contributed by atoms with Gasteiger partial charge in [0.25, 0.3) is 5.56 Å². The quantitative estimate of drug-likeness (QED) is 0.811. The number of aryl methyl sites for hydroxylation is 2. The minimum atomic E-state index is -0.0375. The third kappa shape index (κ3) is 3.25. The third-order valence-electron chi connectivity index (χ3n) is 2.83. The van der Waals surface area contributed by atoms with Crippen molar-refractivity contribution in [2.24, 2.45) is 5.92 Å². The van der Waals surface area contributed by atoms with Gasteiger partial charge in [0.15, 0.2) is 0 Å². The molecule has 0 radical (unpaired) electrons. The molecule has 2 aromatic heterocycles. The Kier molecular flexibility index (Phi) is 4.45. The van der Waals surface area contributed by atoms with Gasteiger partial charge in [0.2, 0.25) is 0 Å². The molecule has 0 aliphatic heterocycles. The second kappa shape index (κ2) is 5.75. The second-order valence-corrected chi connectivity index (χ2v) is 7.64. The van der Waals surface area contributed by atoms with Crippen molar-refractivity contribution in [1.29, 1.82) is 0 Å². The first-order chi connectivity index (χ1) is 8.88. The van der Waals surface area contributed by atoms with Crippen LogP contribution in [-0.4, -0.2) is 9.97 Å². The van der Waals surface area contributed by atoms with E-state index >= 15 is 0 Å². The SMILES string of the molecule is Cc1cc(-c2nc(CC(C)C)c(I)c(=O)[nH]2)c(C)s1. The van der Waals surface area contributed by atoms with E-state index in [1.165, 1.54) is 9.75 Å². The van der Waals surface area contributed by atoms with E-state index < -0.39 is 0 Å². The van der Waals surface area contributed by atoms with Gasteiger partial charge in [-0.15, -0.1) is 11.3 Å². The van der Waals surface area contributed by atoms with Gasteiger partial charge in [-0.05, 0) is 54.8 Å². The first-order valence-electron chi connectivity index (χ1n) is 6.24. The number of hydrogen-bond donors (Lipinski definition) is 1. The zero-order chi connectivity index (χ0) is 14.2. The highest BCUT2D eigenvalue weighted by atomic mass is 127. The molecule has 0 saturated heterocycles. The molecule has 102 valence electrons. The number of halogens is 1. The summed E-state index contributed by atoms with van der Waals surface area (Å²) in [6.45, 7) is 8.41. The van der Waals surface area contributed by atoms with E-state index in [9.17, 15) is 4.79 Å². The molecule has 2 rings (SSSR count). The highest BCUT2D eigenvalue weighted by molar-refractivity contribution is 14.1. The second-order valence-electron chi connectivity index (χ2n) is 5.10. The Balaban J connectivity index is 2.56. The van der Waals surface area contributed by atoms with Crippen LogP contribution >= 0.6 is 33.9 Å². The first kappa shape index (κ1) is 14.7. The van der Waals surface area contributed by atoms with E-state index in [0.29, 0.717) is 15.3 Å². The van der Waals surface area contributed by atoms with Gasteiger partial charge < -0.3 is 4.98 Å². The number of nitrogens with zero attached hydrogens (tertiary/aromatic N) is 1. The fraction of sp³-hybridized carbons (Fsp3) is 0.429. The van der Waals surface area contributed by atoms with Crippen LogP contribution in [0.15, 0.2) is 10.9 Å². The molecule has 0 atom stereocenters. The molecule has 0 spiro atoms. The topological polar surface area (TPSA) is 45.8 Å². The fourth-order valence-corrected chi connectivity index (χ4v) is 3.42. The van der Waals surface area contributed by atoms with Crippen LogP contribution in [0.2, 0.25) is 0 Å². The van der Waals surface area contributed by atoms with Gasteiger partial charge in [0.05, 0.1) is 9.26 Å². The van der Waals surface area contributed by atoms with Crippen LogP contribution < -0.4 is 5.56 Å². The Morgan fingerprint density at radius 3 is 2.63 bits per heavy atom. The average Bonchev–Trinajstić information content (AvgIpc) is 2.63. The minimum absolute atomic E-state index is 0.0375. The summed E-state index contributed by atoms with van der Waals surface area (Å²) in [4.78, 5) is 22.0.